The van der Waals surface area contributed by atoms with Gasteiger partial charge in [0.2, 0.25) is 0 Å². The van der Waals surface area contributed by atoms with Gasteiger partial charge in [0.1, 0.15) is 5.52 Å². The van der Waals surface area contributed by atoms with Crippen LogP contribution in [-0.4, -0.2) is 67.4 Å². The van der Waals surface area contributed by atoms with Crippen molar-refractivity contribution in [3.8, 4) is 11.1 Å². The van der Waals surface area contributed by atoms with Crippen LogP contribution in [0.1, 0.15) is 39.9 Å². The number of nitrogens with zero attached hydrogens (tertiary/aromatic N) is 5. The van der Waals surface area contributed by atoms with Crippen LogP contribution in [0.25, 0.3) is 32.9 Å². The van der Waals surface area contributed by atoms with Crippen LogP contribution in [-0.2, 0) is 19.5 Å². The standard InChI is InChI=1S/C39H41N7O2/c1-25-29(19-36-37-30(9-12-41-36)17-27(21-43-37)20-40-14-16-47)5-3-6-33(25)34-7-4-8-35(26(34)2)45-39-38-31(10-13-42-39)18-28(22-44-38)23-46-15-11-32(48)24-46/h3-10,12-13,17-18,21-22,32,40,47-48H,11,14-16,19-20,23-24H2,1-2H3,(H,42,45)/t32-/m1/s1. The van der Waals surface area contributed by atoms with E-state index in [9.17, 15) is 5.11 Å². The van der Waals surface area contributed by atoms with E-state index in [0.29, 0.717) is 26.1 Å². The zero-order valence-corrected chi connectivity index (χ0v) is 27.4. The Kier molecular flexibility index (Phi) is 9.36. The Labute approximate surface area is 280 Å². The summed E-state index contributed by atoms with van der Waals surface area (Å²) in [7, 11) is 0. The Morgan fingerprint density at radius 3 is 2.38 bits per heavy atom. The fraction of sp³-hybridized carbons (Fsp3) is 0.282. The van der Waals surface area contributed by atoms with E-state index in [1.54, 1.807) is 0 Å². The van der Waals surface area contributed by atoms with E-state index in [2.05, 4.69) is 82.9 Å². The number of hydrogen-bond acceptors (Lipinski definition) is 9. The molecule has 1 saturated heterocycles. The van der Waals surface area contributed by atoms with Gasteiger partial charge < -0.3 is 20.8 Å². The second-order valence-corrected chi connectivity index (χ2v) is 12.7. The summed E-state index contributed by atoms with van der Waals surface area (Å²) in [6.07, 6.45) is 8.77. The summed E-state index contributed by atoms with van der Waals surface area (Å²) in [6.45, 7) is 8.06. The summed E-state index contributed by atoms with van der Waals surface area (Å²) in [6, 6.07) is 21.2. The molecule has 6 aromatic rings. The lowest BCUT2D eigenvalue weighted by atomic mass is 9.91. The quantitative estimate of drug-likeness (QED) is 0.130. The van der Waals surface area contributed by atoms with Gasteiger partial charge >= 0.3 is 0 Å². The predicted molar refractivity (Wildman–Crippen MR) is 191 cm³/mol. The van der Waals surface area contributed by atoms with Crippen molar-refractivity contribution >= 4 is 33.3 Å². The lowest BCUT2D eigenvalue weighted by Crippen LogP contribution is -2.21. The zero-order chi connectivity index (χ0) is 33.0. The Hall–Kier alpha value is -4.80. The van der Waals surface area contributed by atoms with E-state index in [0.717, 1.165) is 80.8 Å². The second-order valence-electron chi connectivity index (χ2n) is 12.7. The SMILES string of the molecule is Cc1c(Cc2nccc3cc(CNCCO)cnc23)cccc1-c1cccc(Nc2nccc3cc(CN4CC[C@@H](O)C4)cnc23)c1C. The maximum Gasteiger partial charge on any atom is 0.156 e. The van der Waals surface area contributed by atoms with Gasteiger partial charge in [0, 0.05) is 80.4 Å². The molecule has 1 aliphatic rings. The van der Waals surface area contributed by atoms with Gasteiger partial charge in [-0.25, -0.2) is 4.98 Å². The number of benzene rings is 2. The topological polar surface area (TPSA) is 119 Å². The number of aromatic nitrogens is 4. The van der Waals surface area contributed by atoms with Gasteiger partial charge in [-0.3, -0.25) is 19.9 Å². The molecule has 9 heteroatoms. The maximum absolute atomic E-state index is 9.91. The third-order valence-corrected chi connectivity index (χ3v) is 9.34. The van der Waals surface area contributed by atoms with E-state index < -0.39 is 0 Å². The molecule has 4 aromatic heterocycles. The molecule has 1 atom stereocenters. The number of anilines is 2. The number of nitrogens with one attached hydrogen (secondary N) is 2. The molecule has 244 valence electrons. The fourth-order valence-electron chi connectivity index (χ4n) is 6.74. The van der Waals surface area contributed by atoms with Gasteiger partial charge in [0.05, 0.1) is 23.9 Å². The third kappa shape index (κ3) is 6.77. The molecule has 1 aliphatic heterocycles. The first-order valence-corrected chi connectivity index (χ1v) is 16.6. The molecule has 0 saturated carbocycles. The van der Waals surface area contributed by atoms with E-state index in [1.165, 1.54) is 16.7 Å². The van der Waals surface area contributed by atoms with Crippen molar-refractivity contribution in [2.75, 3.05) is 31.6 Å². The van der Waals surface area contributed by atoms with Crippen molar-refractivity contribution in [1.82, 2.24) is 30.2 Å². The van der Waals surface area contributed by atoms with Crippen LogP contribution in [0, 0.1) is 13.8 Å². The number of β-amino-alcohol motifs (C(OH)–C–C–N with tert-alkyl or cyclic N) is 1. The Bertz CT molecular complexity index is 2080. The number of rotatable bonds is 11. The molecule has 0 spiro atoms. The van der Waals surface area contributed by atoms with Gasteiger partial charge in [-0.1, -0.05) is 30.3 Å². The molecule has 9 nitrogen and oxygen atoms in total. The summed E-state index contributed by atoms with van der Waals surface area (Å²) in [5.41, 5.74) is 11.8. The van der Waals surface area contributed by atoms with Gasteiger partial charge in [-0.2, -0.15) is 0 Å². The summed E-state index contributed by atoms with van der Waals surface area (Å²) in [4.78, 5) is 21.3. The number of aliphatic hydroxyl groups is 2. The van der Waals surface area contributed by atoms with Crippen LogP contribution in [0.3, 0.4) is 0 Å². The highest BCUT2D eigenvalue weighted by Gasteiger charge is 2.20. The molecular formula is C39H41N7O2. The maximum atomic E-state index is 9.91. The molecular weight excluding hydrogens is 598 g/mol. The lowest BCUT2D eigenvalue weighted by molar-refractivity contribution is 0.175. The Morgan fingerprint density at radius 1 is 0.833 bits per heavy atom. The van der Waals surface area contributed by atoms with E-state index in [-0.39, 0.29) is 12.7 Å². The van der Waals surface area contributed by atoms with Crippen molar-refractivity contribution in [1.29, 1.82) is 0 Å². The van der Waals surface area contributed by atoms with Crippen LogP contribution in [0.2, 0.25) is 0 Å². The summed E-state index contributed by atoms with van der Waals surface area (Å²) in [5, 5.41) is 27.9. The van der Waals surface area contributed by atoms with E-state index >= 15 is 0 Å². The predicted octanol–water partition coefficient (Wildman–Crippen LogP) is 5.84. The molecule has 5 heterocycles. The van der Waals surface area contributed by atoms with E-state index in [1.807, 2.05) is 36.9 Å². The van der Waals surface area contributed by atoms with Crippen molar-refractivity contribution in [3.63, 3.8) is 0 Å². The van der Waals surface area contributed by atoms with Gasteiger partial charge in [-0.05, 0) is 89.5 Å². The molecule has 0 amide bonds. The van der Waals surface area contributed by atoms with Crippen LogP contribution in [0.15, 0.2) is 85.5 Å². The van der Waals surface area contributed by atoms with Crippen molar-refractivity contribution in [2.45, 2.75) is 45.9 Å². The Balaban J connectivity index is 1.13. The number of pyridine rings is 4. The fourth-order valence-corrected chi connectivity index (χ4v) is 6.74. The molecule has 48 heavy (non-hydrogen) atoms. The van der Waals surface area contributed by atoms with Crippen molar-refractivity contribution < 1.29 is 10.2 Å². The highest BCUT2D eigenvalue weighted by Crippen LogP contribution is 2.35. The summed E-state index contributed by atoms with van der Waals surface area (Å²) >= 11 is 0. The van der Waals surface area contributed by atoms with Crippen LogP contribution in [0.5, 0.6) is 0 Å². The number of fused-ring (bicyclic) bond motifs is 2. The number of aliphatic hydroxyl groups excluding tert-OH is 2. The first kappa shape index (κ1) is 31.8. The smallest absolute Gasteiger partial charge is 0.156 e. The molecule has 7 rings (SSSR count). The van der Waals surface area contributed by atoms with Crippen molar-refractivity contribution in [2.24, 2.45) is 0 Å². The minimum absolute atomic E-state index is 0.112. The minimum atomic E-state index is -0.233. The summed E-state index contributed by atoms with van der Waals surface area (Å²) in [5.74, 6) is 0.725. The van der Waals surface area contributed by atoms with Crippen molar-refractivity contribution in [3.05, 3.63) is 119 Å². The molecule has 4 N–H and O–H groups in total. The molecule has 0 aliphatic carbocycles. The summed E-state index contributed by atoms with van der Waals surface area (Å²) < 4.78 is 0. The molecule has 0 bridgehead atoms. The van der Waals surface area contributed by atoms with Crippen LogP contribution >= 0.6 is 0 Å². The lowest BCUT2D eigenvalue weighted by Gasteiger charge is -2.18. The van der Waals surface area contributed by atoms with Gasteiger partial charge in [0.15, 0.2) is 5.82 Å². The van der Waals surface area contributed by atoms with Gasteiger partial charge in [0.25, 0.3) is 0 Å². The highest BCUT2D eigenvalue weighted by molar-refractivity contribution is 5.91. The molecule has 0 radical (unpaired) electrons. The first-order valence-electron chi connectivity index (χ1n) is 16.6. The first-order chi connectivity index (χ1) is 23.5. The average Bonchev–Trinajstić information content (AvgIpc) is 3.51. The second kappa shape index (κ2) is 14.1. The normalized spacial score (nSPS) is 15.0. The highest BCUT2D eigenvalue weighted by atomic mass is 16.3. The largest absolute Gasteiger partial charge is 0.395 e. The number of likely N-dealkylation sites (tertiary alicyclic amines) is 1. The Morgan fingerprint density at radius 2 is 1.56 bits per heavy atom. The third-order valence-electron chi connectivity index (χ3n) is 9.34. The van der Waals surface area contributed by atoms with Gasteiger partial charge in [-0.15, -0.1) is 0 Å². The van der Waals surface area contributed by atoms with E-state index in [4.69, 9.17) is 20.1 Å². The molecule has 1 fully saturated rings. The number of hydrogen-bond donors (Lipinski definition) is 4. The monoisotopic (exact) mass is 639 g/mol. The van der Waals surface area contributed by atoms with Crippen LogP contribution < -0.4 is 10.6 Å². The molecule has 0 unspecified atom stereocenters. The minimum Gasteiger partial charge on any atom is -0.395 e. The average molecular weight is 640 g/mol. The molecule has 2 aromatic carbocycles. The van der Waals surface area contributed by atoms with Crippen LogP contribution in [0.4, 0.5) is 11.5 Å². The zero-order valence-electron chi connectivity index (χ0n) is 27.4.